The average Bonchev–Trinajstić information content (AvgIpc) is 2.15. The van der Waals surface area contributed by atoms with E-state index in [1.54, 1.807) is 13.0 Å². The molecule has 0 fully saturated rings. The molecular weight excluding hydrogens is 115 g/mol. The van der Waals surface area contributed by atoms with Crippen LogP contribution in [0.15, 0.2) is 29.5 Å². The highest BCUT2D eigenvalue weighted by Gasteiger charge is 2.00. The molecule has 0 bridgehead atoms. The van der Waals surface area contributed by atoms with Crippen molar-refractivity contribution in [1.82, 2.24) is 0 Å². The molecule has 0 radical (unpaired) electrons. The molecular formula is C8H9F. The van der Waals surface area contributed by atoms with Crippen LogP contribution in [0, 0.1) is 0 Å². The maximum atomic E-state index is 12.2. The number of alkyl halides is 1. The first-order chi connectivity index (χ1) is 4.29. The molecule has 1 aliphatic carbocycles. The van der Waals surface area contributed by atoms with Gasteiger partial charge in [-0.2, -0.15) is 0 Å². The lowest BCUT2D eigenvalue weighted by Gasteiger charge is -1.96. The molecule has 0 aromatic heterocycles. The number of allylic oxidation sites excluding steroid dienone is 3. The quantitative estimate of drug-likeness (QED) is 0.496. The van der Waals surface area contributed by atoms with E-state index in [-0.39, 0.29) is 0 Å². The summed E-state index contributed by atoms with van der Waals surface area (Å²) in [6, 6.07) is 0. The monoisotopic (exact) mass is 124 g/mol. The fourth-order valence-electron chi connectivity index (χ4n) is 0.798. The molecule has 0 saturated heterocycles. The fraction of sp³-hybridized carbons (Fsp3) is 0.375. The molecule has 0 nitrogen and oxygen atoms in total. The summed E-state index contributed by atoms with van der Waals surface area (Å²) in [5.41, 5.74) is 3.89. The second-order valence-electron chi connectivity index (χ2n) is 2.18. The highest BCUT2D eigenvalue weighted by Crippen LogP contribution is 2.10. The zero-order valence-corrected chi connectivity index (χ0v) is 5.39. The Kier molecular flexibility index (Phi) is 1.86. The minimum Gasteiger partial charge on any atom is -0.247 e. The van der Waals surface area contributed by atoms with Crippen molar-refractivity contribution in [3.8, 4) is 0 Å². The van der Waals surface area contributed by atoms with Crippen molar-refractivity contribution in [2.24, 2.45) is 0 Å². The van der Waals surface area contributed by atoms with Crippen LogP contribution in [0.4, 0.5) is 4.39 Å². The Balaban J connectivity index is 2.46. The number of rotatable bonds is 2. The molecule has 1 aliphatic rings. The SMILES string of the molecule is CC(F)CC1=C=CC=C1. The Morgan fingerprint density at radius 2 is 2.56 bits per heavy atom. The number of hydrogen-bond acceptors (Lipinski definition) is 0. The Morgan fingerprint density at radius 3 is 3.00 bits per heavy atom. The van der Waals surface area contributed by atoms with Gasteiger partial charge in [0.25, 0.3) is 0 Å². The third kappa shape index (κ3) is 1.87. The normalized spacial score (nSPS) is 18.2. The minimum absolute atomic E-state index is 0.493. The fourth-order valence-corrected chi connectivity index (χ4v) is 0.798. The van der Waals surface area contributed by atoms with Crippen molar-refractivity contribution in [3.05, 3.63) is 29.5 Å². The van der Waals surface area contributed by atoms with Crippen LogP contribution in [0.1, 0.15) is 13.3 Å². The van der Waals surface area contributed by atoms with E-state index < -0.39 is 6.17 Å². The second kappa shape index (κ2) is 2.65. The van der Waals surface area contributed by atoms with Gasteiger partial charge >= 0.3 is 0 Å². The van der Waals surface area contributed by atoms with Gasteiger partial charge in [0, 0.05) is 6.42 Å². The Hall–Kier alpha value is -0.810. The Morgan fingerprint density at radius 1 is 1.78 bits per heavy atom. The summed E-state index contributed by atoms with van der Waals surface area (Å²) in [7, 11) is 0. The standard InChI is InChI=1S/C8H9F/c1-7(9)6-8-4-2-3-5-8/h2-4,7H,6H2,1H3. The zero-order valence-electron chi connectivity index (χ0n) is 5.39. The molecule has 0 heterocycles. The molecule has 0 aromatic rings. The highest BCUT2D eigenvalue weighted by atomic mass is 19.1. The summed E-state index contributed by atoms with van der Waals surface area (Å²) >= 11 is 0. The first-order valence-electron chi connectivity index (χ1n) is 3.05. The van der Waals surface area contributed by atoms with Crippen LogP contribution < -0.4 is 0 Å². The molecule has 0 aromatic carbocycles. The van der Waals surface area contributed by atoms with Crippen LogP contribution in [0.5, 0.6) is 0 Å². The lowest BCUT2D eigenvalue weighted by molar-refractivity contribution is 0.361. The van der Waals surface area contributed by atoms with E-state index in [9.17, 15) is 4.39 Å². The largest absolute Gasteiger partial charge is 0.247 e. The van der Waals surface area contributed by atoms with E-state index in [4.69, 9.17) is 0 Å². The molecule has 0 amide bonds. The molecule has 9 heavy (non-hydrogen) atoms. The van der Waals surface area contributed by atoms with Gasteiger partial charge in [0.1, 0.15) is 6.17 Å². The van der Waals surface area contributed by atoms with Gasteiger partial charge in [0.15, 0.2) is 0 Å². The Bertz CT molecular complexity index is 181. The average molecular weight is 124 g/mol. The van der Waals surface area contributed by atoms with E-state index >= 15 is 0 Å². The maximum absolute atomic E-state index is 12.2. The first kappa shape index (κ1) is 6.31. The van der Waals surface area contributed by atoms with Gasteiger partial charge in [-0.3, -0.25) is 0 Å². The molecule has 48 valence electrons. The van der Waals surface area contributed by atoms with Gasteiger partial charge in [-0.05, 0) is 18.6 Å². The zero-order chi connectivity index (χ0) is 6.69. The van der Waals surface area contributed by atoms with Crippen LogP contribution in [-0.4, -0.2) is 6.17 Å². The van der Waals surface area contributed by atoms with Gasteiger partial charge in [-0.25, -0.2) is 4.39 Å². The van der Waals surface area contributed by atoms with Gasteiger partial charge < -0.3 is 0 Å². The number of hydrogen-bond donors (Lipinski definition) is 0. The third-order valence-corrected chi connectivity index (χ3v) is 1.16. The highest BCUT2D eigenvalue weighted by molar-refractivity contribution is 5.29. The van der Waals surface area contributed by atoms with Crippen LogP contribution in [0.2, 0.25) is 0 Å². The second-order valence-corrected chi connectivity index (χ2v) is 2.18. The topological polar surface area (TPSA) is 0 Å². The molecule has 1 atom stereocenters. The molecule has 0 aliphatic heterocycles. The van der Waals surface area contributed by atoms with Crippen LogP contribution in [-0.2, 0) is 0 Å². The first-order valence-corrected chi connectivity index (χ1v) is 3.05. The lowest BCUT2D eigenvalue weighted by Crippen LogP contribution is -1.91. The van der Waals surface area contributed by atoms with Crippen molar-refractivity contribution < 1.29 is 4.39 Å². The van der Waals surface area contributed by atoms with E-state index in [0.29, 0.717) is 6.42 Å². The number of halogens is 1. The summed E-state index contributed by atoms with van der Waals surface area (Å²) in [4.78, 5) is 0. The predicted octanol–water partition coefficient (Wildman–Crippen LogP) is 2.39. The van der Waals surface area contributed by atoms with Crippen molar-refractivity contribution >= 4 is 0 Å². The summed E-state index contributed by atoms with van der Waals surface area (Å²) in [5, 5.41) is 0. The van der Waals surface area contributed by atoms with Crippen molar-refractivity contribution in [2.45, 2.75) is 19.5 Å². The van der Waals surface area contributed by atoms with Gasteiger partial charge in [-0.15, -0.1) is 5.73 Å². The van der Waals surface area contributed by atoms with Crippen molar-refractivity contribution in [2.75, 3.05) is 0 Å². The van der Waals surface area contributed by atoms with Crippen LogP contribution in [0.3, 0.4) is 0 Å². The molecule has 1 heteroatoms. The van der Waals surface area contributed by atoms with Gasteiger partial charge in [0.2, 0.25) is 0 Å². The molecule has 1 rings (SSSR count). The van der Waals surface area contributed by atoms with E-state index in [2.05, 4.69) is 5.73 Å². The van der Waals surface area contributed by atoms with Gasteiger partial charge in [-0.1, -0.05) is 12.2 Å². The van der Waals surface area contributed by atoms with E-state index in [1.807, 2.05) is 12.2 Å². The smallest absolute Gasteiger partial charge is 0.102 e. The van der Waals surface area contributed by atoms with Gasteiger partial charge in [0.05, 0.1) is 0 Å². The summed E-state index contributed by atoms with van der Waals surface area (Å²) in [5.74, 6) is 0. The summed E-state index contributed by atoms with van der Waals surface area (Å²) in [6.07, 6.45) is 5.31. The minimum atomic E-state index is -0.747. The van der Waals surface area contributed by atoms with Crippen molar-refractivity contribution in [3.63, 3.8) is 0 Å². The van der Waals surface area contributed by atoms with Crippen LogP contribution in [0.25, 0.3) is 0 Å². The maximum Gasteiger partial charge on any atom is 0.102 e. The van der Waals surface area contributed by atoms with Crippen LogP contribution >= 0.6 is 0 Å². The molecule has 1 unspecified atom stereocenters. The predicted molar refractivity (Wildman–Crippen MR) is 35.9 cm³/mol. The molecule has 0 saturated carbocycles. The Labute approximate surface area is 54.4 Å². The molecule has 0 N–H and O–H groups in total. The van der Waals surface area contributed by atoms with Crippen molar-refractivity contribution in [1.29, 1.82) is 0 Å². The summed E-state index contributed by atoms with van der Waals surface area (Å²) in [6.45, 7) is 1.56. The molecule has 0 spiro atoms. The van der Waals surface area contributed by atoms with E-state index in [1.165, 1.54) is 0 Å². The third-order valence-electron chi connectivity index (χ3n) is 1.16. The lowest BCUT2D eigenvalue weighted by atomic mass is 10.2. The van der Waals surface area contributed by atoms with E-state index in [0.717, 1.165) is 5.57 Å². The summed E-state index contributed by atoms with van der Waals surface area (Å²) < 4.78 is 12.2.